The molecule has 2 aromatic carbocycles. The molecule has 150 valence electrons. The van der Waals surface area contributed by atoms with E-state index >= 15 is 0 Å². The zero-order chi connectivity index (χ0) is 21.0. The lowest BCUT2D eigenvalue weighted by Crippen LogP contribution is -2.23. The molecular weight excluding hydrogens is 381 g/mol. The number of carbonyl (C=O) groups excluding carboxylic acids is 1. The van der Waals surface area contributed by atoms with Crippen LogP contribution in [0, 0.1) is 0 Å². The highest BCUT2D eigenvalue weighted by atomic mass is 19.4. The van der Waals surface area contributed by atoms with Gasteiger partial charge in [-0.15, -0.1) is 0 Å². The monoisotopic (exact) mass is 400 g/mol. The van der Waals surface area contributed by atoms with Crippen molar-refractivity contribution in [2.24, 2.45) is 0 Å². The summed E-state index contributed by atoms with van der Waals surface area (Å²) in [6.45, 7) is 1.90. The molecule has 1 N–H and O–H groups in total. The number of rotatable bonds is 5. The van der Waals surface area contributed by atoms with E-state index in [4.69, 9.17) is 0 Å². The molecule has 0 fully saturated rings. The molecular formula is C22H19F3N2O2. The SMILES string of the molecule is CCc1ccccc1NC(=O)c1ccc(=O)n(Cc2cccc(C(F)(F)F)c2)c1. The maximum absolute atomic E-state index is 12.9. The van der Waals surface area contributed by atoms with Gasteiger partial charge in [-0.25, -0.2) is 0 Å². The molecule has 0 aliphatic heterocycles. The van der Waals surface area contributed by atoms with Gasteiger partial charge in [-0.05, 0) is 41.8 Å². The number of aryl methyl sites for hydroxylation is 1. The molecule has 0 radical (unpaired) electrons. The van der Waals surface area contributed by atoms with Crippen molar-refractivity contribution < 1.29 is 18.0 Å². The van der Waals surface area contributed by atoms with Gasteiger partial charge in [0.25, 0.3) is 11.5 Å². The summed E-state index contributed by atoms with van der Waals surface area (Å²) >= 11 is 0. The molecule has 0 atom stereocenters. The molecule has 3 aromatic rings. The van der Waals surface area contributed by atoms with Crippen molar-refractivity contribution in [3.63, 3.8) is 0 Å². The Hall–Kier alpha value is -3.35. The second kappa shape index (κ2) is 8.34. The number of pyridine rings is 1. The van der Waals surface area contributed by atoms with Gasteiger partial charge in [-0.1, -0.05) is 37.3 Å². The van der Waals surface area contributed by atoms with Gasteiger partial charge in [0.05, 0.1) is 17.7 Å². The van der Waals surface area contributed by atoms with Gasteiger partial charge in [-0.3, -0.25) is 9.59 Å². The molecule has 7 heteroatoms. The first-order chi connectivity index (χ1) is 13.8. The highest BCUT2D eigenvalue weighted by Crippen LogP contribution is 2.29. The summed E-state index contributed by atoms with van der Waals surface area (Å²) in [6.07, 6.45) is -2.37. The van der Waals surface area contributed by atoms with Crippen molar-refractivity contribution in [1.29, 1.82) is 0 Å². The number of alkyl halides is 3. The minimum Gasteiger partial charge on any atom is -0.322 e. The lowest BCUT2D eigenvalue weighted by Gasteiger charge is -2.12. The normalized spacial score (nSPS) is 11.3. The molecule has 1 amide bonds. The first-order valence-corrected chi connectivity index (χ1v) is 9.04. The number of nitrogens with one attached hydrogen (secondary N) is 1. The summed E-state index contributed by atoms with van der Waals surface area (Å²) < 4.78 is 39.9. The van der Waals surface area contributed by atoms with Crippen LogP contribution in [0.2, 0.25) is 0 Å². The van der Waals surface area contributed by atoms with E-state index in [9.17, 15) is 22.8 Å². The largest absolute Gasteiger partial charge is 0.416 e. The second-order valence-electron chi connectivity index (χ2n) is 6.55. The van der Waals surface area contributed by atoms with E-state index < -0.39 is 23.2 Å². The summed E-state index contributed by atoms with van der Waals surface area (Å²) in [5.41, 5.74) is 1.01. The third-order valence-corrected chi connectivity index (χ3v) is 4.50. The van der Waals surface area contributed by atoms with Crippen LogP contribution in [0.15, 0.2) is 71.7 Å². The summed E-state index contributed by atoms with van der Waals surface area (Å²) in [4.78, 5) is 24.8. The Bertz CT molecular complexity index is 1090. The van der Waals surface area contributed by atoms with Crippen LogP contribution in [-0.4, -0.2) is 10.5 Å². The van der Waals surface area contributed by atoms with Crippen molar-refractivity contribution in [1.82, 2.24) is 4.57 Å². The minimum absolute atomic E-state index is 0.0740. The van der Waals surface area contributed by atoms with Gasteiger partial charge in [0.15, 0.2) is 0 Å². The number of nitrogens with zero attached hydrogens (tertiary/aromatic N) is 1. The van der Waals surface area contributed by atoms with Gasteiger partial charge < -0.3 is 9.88 Å². The second-order valence-corrected chi connectivity index (χ2v) is 6.55. The van der Waals surface area contributed by atoms with E-state index in [0.717, 1.165) is 24.1 Å². The number of carbonyl (C=O) groups is 1. The zero-order valence-corrected chi connectivity index (χ0v) is 15.7. The van der Waals surface area contributed by atoms with E-state index in [1.54, 1.807) is 6.07 Å². The van der Waals surface area contributed by atoms with Crippen molar-refractivity contribution in [3.05, 3.63) is 99.5 Å². The van der Waals surface area contributed by atoms with Gasteiger partial charge in [0.1, 0.15) is 0 Å². The van der Waals surface area contributed by atoms with Crippen molar-refractivity contribution in [2.45, 2.75) is 26.1 Å². The van der Waals surface area contributed by atoms with Crippen molar-refractivity contribution in [2.75, 3.05) is 5.32 Å². The molecule has 0 unspecified atom stereocenters. The molecule has 1 heterocycles. The highest BCUT2D eigenvalue weighted by Gasteiger charge is 2.30. The van der Waals surface area contributed by atoms with E-state index in [2.05, 4.69) is 5.32 Å². The number of para-hydroxylation sites is 1. The van der Waals surface area contributed by atoms with Crippen LogP contribution >= 0.6 is 0 Å². The van der Waals surface area contributed by atoms with Crippen LogP contribution in [0.5, 0.6) is 0 Å². The predicted octanol–water partition coefficient (Wildman–Crippen LogP) is 4.73. The van der Waals surface area contributed by atoms with Crippen LogP contribution in [0.1, 0.15) is 34.0 Å². The smallest absolute Gasteiger partial charge is 0.322 e. The number of hydrogen-bond donors (Lipinski definition) is 1. The summed E-state index contributed by atoms with van der Waals surface area (Å²) in [5, 5.41) is 2.81. The quantitative estimate of drug-likeness (QED) is 0.673. The molecule has 1 aromatic heterocycles. The fraction of sp³-hybridized carbons (Fsp3) is 0.182. The molecule has 0 aliphatic carbocycles. The number of benzene rings is 2. The lowest BCUT2D eigenvalue weighted by atomic mass is 10.1. The lowest BCUT2D eigenvalue weighted by molar-refractivity contribution is -0.137. The van der Waals surface area contributed by atoms with Crippen LogP contribution in [-0.2, 0) is 19.1 Å². The minimum atomic E-state index is -4.46. The molecule has 4 nitrogen and oxygen atoms in total. The Morgan fingerprint density at radius 3 is 2.52 bits per heavy atom. The van der Waals surface area contributed by atoms with Crippen molar-refractivity contribution >= 4 is 11.6 Å². The highest BCUT2D eigenvalue weighted by molar-refractivity contribution is 6.04. The molecule has 0 saturated carbocycles. The van der Waals surface area contributed by atoms with E-state index in [1.165, 1.54) is 35.0 Å². The maximum Gasteiger partial charge on any atom is 0.416 e. The first kappa shape index (κ1) is 20.4. The summed E-state index contributed by atoms with van der Waals surface area (Å²) in [5.74, 6) is -0.399. The van der Waals surface area contributed by atoms with Gasteiger partial charge in [-0.2, -0.15) is 13.2 Å². The molecule has 0 spiro atoms. The first-order valence-electron chi connectivity index (χ1n) is 9.04. The molecule has 0 saturated heterocycles. The van der Waals surface area contributed by atoms with Crippen LogP contribution < -0.4 is 10.9 Å². The van der Waals surface area contributed by atoms with Crippen molar-refractivity contribution in [3.8, 4) is 0 Å². The summed E-state index contributed by atoms with van der Waals surface area (Å²) in [7, 11) is 0. The summed E-state index contributed by atoms with van der Waals surface area (Å²) in [6, 6.07) is 14.8. The Morgan fingerprint density at radius 1 is 1.03 bits per heavy atom. The maximum atomic E-state index is 12.9. The van der Waals surface area contributed by atoms with Gasteiger partial charge >= 0.3 is 6.18 Å². The number of anilines is 1. The van der Waals surface area contributed by atoms with Crippen LogP contribution in [0.3, 0.4) is 0 Å². The molecule has 29 heavy (non-hydrogen) atoms. The topological polar surface area (TPSA) is 51.1 Å². The van der Waals surface area contributed by atoms with Crippen LogP contribution in [0.4, 0.5) is 18.9 Å². The van der Waals surface area contributed by atoms with Gasteiger partial charge in [0.2, 0.25) is 0 Å². The Kier molecular flexibility index (Phi) is 5.87. The Morgan fingerprint density at radius 2 is 1.79 bits per heavy atom. The average Bonchev–Trinajstić information content (AvgIpc) is 2.69. The van der Waals surface area contributed by atoms with Crippen LogP contribution in [0.25, 0.3) is 0 Å². The number of halogens is 3. The van der Waals surface area contributed by atoms with E-state index in [0.29, 0.717) is 11.3 Å². The predicted molar refractivity (Wildman–Crippen MR) is 105 cm³/mol. The zero-order valence-electron chi connectivity index (χ0n) is 15.7. The number of aromatic nitrogens is 1. The number of hydrogen-bond acceptors (Lipinski definition) is 2. The Balaban J connectivity index is 1.85. The fourth-order valence-electron chi connectivity index (χ4n) is 2.98. The third kappa shape index (κ3) is 4.93. The fourth-order valence-corrected chi connectivity index (χ4v) is 2.98. The molecule has 0 bridgehead atoms. The number of amides is 1. The molecule has 3 rings (SSSR count). The average molecular weight is 400 g/mol. The standard InChI is InChI=1S/C22H19F3N2O2/c1-2-16-7-3-4-9-19(16)26-21(29)17-10-11-20(28)27(14-17)13-15-6-5-8-18(12-15)22(23,24)25/h3-12,14H,2,13H2,1H3,(H,26,29). The molecule has 0 aliphatic rings. The Labute approximate surface area is 165 Å². The third-order valence-electron chi connectivity index (χ3n) is 4.50. The van der Waals surface area contributed by atoms with E-state index in [1.807, 2.05) is 25.1 Å². The van der Waals surface area contributed by atoms with E-state index in [-0.39, 0.29) is 12.1 Å². The van der Waals surface area contributed by atoms with Gasteiger partial charge in [0, 0.05) is 18.0 Å².